The van der Waals surface area contributed by atoms with Crippen LogP contribution in [0.2, 0.25) is 0 Å². The van der Waals surface area contributed by atoms with Gasteiger partial charge in [0.25, 0.3) is 4.84 Å². The third-order valence-corrected chi connectivity index (χ3v) is 3.43. The van der Waals surface area contributed by atoms with Crippen molar-refractivity contribution in [2.75, 3.05) is 0 Å². The third kappa shape index (κ3) is 3.32. The summed E-state index contributed by atoms with van der Waals surface area (Å²) in [6.07, 6.45) is 1.76. The highest BCUT2D eigenvalue weighted by Crippen LogP contribution is 2.18. The maximum atomic E-state index is 5.32. The van der Waals surface area contributed by atoms with E-state index in [9.17, 15) is 0 Å². The van der Waals surface area contributed by atoms with Gasteiger partial charge in [-0.1, -0.05) is 13.8 Å². The zero-order chi connectivity index (χ0) is 14.0. The normalized spacial score (nSPS) is 11.4. The summed E-state index contributed by atoms with van der Waals surface area (Å²) in [5.74, 6) is 1.29. The van der Waals surface area contributed by atoms with Crippen LogP contribution in [0.25, 0.3) is 0 Å². The maximum Gasteiger partial charge on any atom is 0.284 e. The van der Waals surface area contributed by atoms with E-state index in [4.69, 9.17) is 16.6 Å². The van der Waals surface area contributed by atoms with Gasteiger partial charge in [-0.2, -0.15) is 5.10 Å². The number of nitrogens with one attached hydrogen (secondary N) is 1. The van der Waals surface area contributed by atoms with E-state index in [2.05, 4.69) is 40.7 Å². The van der Waals surface area contributed by atoms with E-state index < -0.39 is 0 Å². The van der Waals surface area contributed by atoms with Crippen molar-refractivity contribution >= 4 is 12.2 Å². The number of aromatic nitrogens is 4. The number of aryl methyl sites for hydroxylation is 2. The molecule has 5 nitrogen and oxygen atoms in total. The highest BCUT2D eigenvalue weighted by molar-refractivity contribution is 7.71. The number of H-pyrrole nitrogens is 1. The first-order chi connectivity index (χ1) is 8.97. The van der Waals surface area contributed by atoms with Crippen molar-refractivity contribution in [3.63, 3.8) is 0 Å². The first kappa shape index (κ1) is 14.0. The van der Waals surface area contributed by atoms with Gasteiger partial charge in [0.15, 0.2) is 0 Å². The van der Waals surface area contributed by atoms with E-state index in [1.807, 2.05) is 6.92 Å². The number of nitrogens with zero attached hydrogens (tertiary/aromatic N) is 3. The second-order valence-corrected chi connectivity index (χ2v) is 5.61. The Hall–Kier alpha value is -1.43. The highest BCUT2D eigenvalue weighted by atomic mass is 32.1. The van der Waals surface area contributed by atoms with Gasteiger partial charge in [-0.15, -0.1) is 5.10 Å². The molecule has 1 N–H and O–H groups in total. The molecule has 19 heavy (non-hydrogen) atoms. The van der Waals surface area contributed by atoms with Crippen LogP contribution >= 0.6 is 12.2 Å². The molecule has 0 fully saturated rings. The fourth-order valence-corrected chi connectivity index (χ4v) is 2.22. The summed E-state index contributed by atoms with van der Waals surface area (Å²) in [6, 6.07) is 0. The molecule has 2 heterocycles. The smallest absolute Gasteiger partial charge is 0.284 e. The van der Waals surface area contributed by atoms with Crippen LogP contribution < -0.4 is 0 Å². The van der Waals surface area contributed by atoms with Crippen LogP contribution in [0, 0.1) is 24.6 Å². The minimum Gasteiger partial charge on any atom is -0.414 e. The molecule has 104 valence electrons. The molecule has 0 aliphatic heterocycles. The lowest BCUT2D eigenvalue weighted by Crippen LogP contribution is -2.05. The molecule has 0 unspecified atom stereocenters. The molecular formula is C13H20N4OS. The molecule has 0 amide bonds. The number of rotatable bonds is 5. The van der Waals surface area contributed by atoms with Gasteiger partial charge in [0, 0.05) is 17.8 Å². The standard InChI is InChI=1S/C13H20N4OS/c1-8(2)5-6-17-10(4)11(9(3)16-17)7-12-14-15-13(19)18-12/h8H,5-7H2,1-4H3,(H,15,19). The molecule has 0 aliphatic rings. The van der Waals surface area contributed by atoms with Crippen LogP contribution in [-0.2, 0) is 13.0 Å². The third-order valence-electron chi connectivity index (χ3n) is 3.26. The van der Waals surface area contributed by atoms with E-state index >= 15 is 0 Å². The molecule has 0 spiro atoms. The second-order valence-electron chi connectivity index (χ2n) is 5.24. The van der Waals surface area contributed by atoms with Gasteiger partial charge in [0.2, 0.25) is 5.89 Å². The van der Waals surface area contributed by atoms with Crippen LogP contribution in [0.3, 0.4) is 0 Å². The fraction of sp³-hybridized carbons (Fsp3) is 0.615. The first-order valence-corrected chi connectivity index (χ1v) is 6.95. The summed E-state index contributed by atoms with van der Waals surface area (Å²) in [7, 11) is 0. The lowest BCUT2D eigenvalue weighted by molar-refractivity contribution is 0.477. The van der Waals surface area contributed by atoms with Gasteiger partial charge >= 0.3 is 0 Å². The molecule has 0 saturated heterocycles. The molecule has 2 aromatic heterocycles. The lowest BCUT2D eigenvalue weighted by Gasteiger charge is -2.07. The van der Waals surface area contributed by atoms with E-state index in [0.717, 1.165) is 18.7 Å². The van der Waals surface area contributed by atoms with Crippen LogP contribution in [0.15, 0.2) is 4.42 Å². The zero-order valence-electron chi connectivity index (χ0n) is 11.9. The van der Waals surface area contributed by atoms with Crippen molar-refractivity contribution < 1.29 is 4.42 Å². The van der Waals surface area contributed by atoms with Crippen molar-refractivity contribution in [3.8, 4) is 0 Å². The number of hydrogen-bond donors (Lipinski definition) is 1. The van der Waals surface area contributed by atoms with E-state index in [1.54, 1.807) is 0 Å². The zero-order valence-corrected chi connectivity index (χ0v) is 12.7. The van der Waals surface area contributed by atoms with Gasteiger partial charge in [-0.05, 0) is 38.4 Å². The van der Waals surface area contributed by atoms with Crippen molar-refractivity contribution in [2.24, 2.45) is 5.92 Å². The first-order valence-electron chi connectivity index (χ1n) is 6.54. The summed E-state index contributed by atoms with van der Waals surface area (Å²) in [5.41, 5.74) is 3.39. The summed E-state index contributed by atoms with van der Waals surface area (Å²) in [5, 5.41) is 11.3. The molecule has 2 aromatic rings. The number of hydrogen-bond acceptors (Lipinski definition) is 4. The quantitative estimate of drug-likeness (QED) is 0.855. The largest absolute Gasteiger partial charge is 0.414 e. The number of aromatic amines is 1. The monoisotopic (exact) mass is 280 g/mol. The Morgan fingerprint density at radius 3 is 2.68 bits per heavy atom. The van der Waals surface area contributed by atoms with Crippen LogP contribution in [0.5, 0.6) is 0 Å². The van der Waals surface area contributed by atoms with E-state index in [1.165, 1.54) is 11.3 Å². The van der Waals surface area contributed by atoms with Crippen molar-refractivity contribution in [1.82, 2.24) is 20.0 Å². The van der Waals surface area contributed by atoms with Crippen molar-refractivity contribution in [2.45, 2.75) is 47.1 Å². The molecule has 0 atom stereocenters. The minimum atomic E-state index is 0.317. The van der Waals surface area contributed by atoms with Gasteiger partial charge < -0.3 is 4.42 Å². The van der Waals surface area contributed by atoms with E-state index in [0.29, 0.717) is 23.1 Å². The molecule has 0 radical (unpaired) electrons. The Morgan fingerprint density at radius 1 is 1.37 bits per heavy atom. The topological polar surface area (TPSA) is 59.6 Å². The molecule has 0 bridgehead atoms. The van der Waals surface area contributed by atoms with Gasteiger partial charge in [0.1, 0.15) is 0 Å². The molecule has 0 saturated carbocycles. The van der Waals surface area contributed by atoms with Gasteiger partial charge in [0.05, 0.1) is 12.1 Å². The minimum absolute atomic E-state index is 0.317. The Bertz CT molecular complexity index is 608. The fourth-order valence-electron chi connectivity index (χ4n) is 2.08. The van der Waals surface area contributed by atoms with Crippen molar-refractivity contribution in [1.29, 1.82) is 0 Å². The lowest BCUT2D eigenvalue weighted by atomic mass is 10.1. The predicted molar refractivity (Wildman–Crippen MR) is 75.6 cm³/mol. The average Bonchev–Trinajstić information content (AvgIpc) is 2.85. The maximum absolute atomic E-state index is 5.32. The van der Waals surface area contributed by atoms with Crippen LogP contribution in [-0.4, -0.2) is 20.0 Å². The Balaban J connectivity index is 2.19. The Labute approximate surface area is 118 Å². The van der Waals surface area contributed by atoms with Gasteiger partial charge in [-0.3, -0.25) is 4.68 Å². The summed E-state index contributed by atoms with van der Waals surface area (Å²) in [4.78, 5) is 0.317. The molecule has 0 aliphatic carbocycles. The second kappa shape index (κ2) is 5.69. The summed E-state index contributed by atoms with van der Waals surface area (Å²) >= 11 is 4.88. The summed E-state index contributed by atoms with van der Waals surface area (Å²) < 4.78 is 7.39. The molecular weight excluding hydrogens is 260 g/mol. The van der Waals surface area contributed by atoms with Crippen molar-refractivity contribution in [3.05, 3.63) is 27.7 Å². The predicted octanol–water partition coefficient (Wildman–Crippen LogP) is 3.18. The highest BCUT2D eigenvalue weighted by Gasteiger charge is 2.14. The van der Waals surface area contributed by atoms with Gasteiger partial charge in [-0.25, -0.2) is 5.10 Å². The SMILES string of the molecule is Cc1nn(CCC(C)C)c(C)c1Cc1n[nH]c(=S)o1. The van der Waals surface area contributed by atoms with E-state index in [-0.39, 0.29) is 0 Å². The molecule has 0 aromatic carbocycles. The van der Waals surface area contributed by atoms with Crippen LogP contribution in [0.4, 0.5) is 0 Å². The molecule has 6 heteroatoms. The van der Waals surface area contributed by atoms with Crippen LogP contribution in [0.1, 0.15) is 43.1 Å². The Kier molecular flexibility index (Phi) is 4.19. The Morgan fingerprint density at radius 2 is 2.11 bits per heavy atom. The molecule has 2 rings (SSSR count). The summed E-state index contributed by atoms with van der Waals surface area (Å²) in [6.45, 7) is 9.52. The average molecular weight is 280 g/mol.